The van der Waals surface area contributed by atoms with Crippen molar-refractivity contribution in [3.05, 3.63) is 22.2 Å². The van der Waals surface area contributed by atoms with Gasteiger partial charge >= 0.3 is 0 Å². The lowest BCUT2D eigenvalue weighted by Gasteiger charge is -2.39. The van der Waals surface area contributed by atoms with Crippen LogP contribution in [0.5, 0.6) is 5.75 Å². The van der Waals surface area contributed by atoms with Gasteiger partial charge in [0.05, 0.1) is 23.0 Å². The SMILES string of the molecule is NS(=O)(=O)c1cc2c(c([N+](=O)[O-])c1)SC(C1CCC3(CC1)OCCO3)CO2. The number of hydrogen-bond acceptors (Lipinski definition) is 8. The van der Waals surface area contributed by atoms with Gasteiger partial charge in [0, 0.05) is 30.2 Å². The van der Waals surface area contributed by atoms with E-state index in [0.29, 0.717) is 30.6 Å². The maximum Gasteiger partial charge on any atom is 0.288 e. The number of sulfonamides is 1. The monoisotopic (exact) mass is 416 g/mol. The van der Waals surface area contributed by atoms with Crippen LogP contribution in [0.25, 0.3) is 0 Å². The number of nitrogens with zero attached hydrogens (tertiary/aromatic N) is 1. The van der Waals surface area contributed by atoms with E-state index in [-0.39, 0.29) is 21.6 Å². The number of hydrogen-bond donors (Lipinski definition) is 1. The summed E-state index contributed by atoms with van der Waals surface area (Å²) in [5, 5.41) is 16.6. The Morgan fingerprint density at radius 2 is 1.89 bits per heavy atom. The van der Waals surface area contributed by atoms with Crippen LogP contribution >= 0.6 is 11.8 Å². The van der Waals surface area contributed by atoms with Crippen molar-refractivity contribution in [1.29, 1.82) is 0 Å². The van der Waals surface area contributed by atoms with Gasteiger partial charge in [-0.2, -0.15) is 0 Å². The summed E-state index contributed by atoms with van der Waals surface area (Å²) in [4.78, 5) is 10.9. The quantitative estimate of drug-likeness (QED) is 0.585. The summed E-state index contributed by atoms with van der Waals surface area (Å²) in [6, 6.07) is 2.26. The fourth-order valence-corrected chi connectivity index (χ4v) is 5.85. The smallest absolute Gasteiger partial charge is 0.288 e. The van der Waals surface area contributed by atoms with Crippen LogP contribution in [-0.4, -0.2) is 44.2 Å². The first-order chi connectivity index (χ1) is 12.8. The summed E-state index contributed by atoms with van der Waals surface area (Å²) in [6.07, 6.45) is 3.38. The molecule has 1 saturated heterocycles. The number of nitro groups is 1. The third-order valence-corrected chi connectivity index (χ3v) is 7.70. The van der Waals surface area contributed by atoms with Crippen LogP contribution in [0.1, 0.15) is 25.7 Å². The summed E-state index contributed by atoms with van der Waals surface area (Å²) >= 11 is 1.38. The molecule has 27 heavy (non-hydrogen) atoms. The molecule has 0 amide bonds. The maximum atomic E-state index is 11.6. The molecule has 4 rings (SSSR count). The zero-order valence-electron chi connectivity index (χ0n) is 14.5. The van der Waals surface area contributed by atoms with Crippen LogP contribution in [0.15, 0.2) is 21.9 Å². The van der Waals surface area contributed by atoms with Gasteiger partial charge in [0.1, 0.15) is 17.3 Å². The number of nitro benzene ring substituents is 1. The molecule has 9 nitrogen and oxygen atoms in total. The predicted octanol–water partition coefficient (Wildman–Crippen LogP) is 2.03. The molecule has 2 N–H and O–H groups in total. The van der Waals surface area contributed by atoms with Crippen molar-refractivity contribution < 1.29 is 27.6 Å². The molecule has 1 aromatic rings. The van der Waals surface area contributed by atoms with Crippen LogP contribution in [0.3, 0.4) is 0 Å². The van der Waals surface area contributed by atoms with E-state index in [4.69, 9.17) is 19.3 Å². The average Bonchev–Trinajstić information content (AvgIpc) is 3.08. The van der Waals surface area contributed by atoms with E-state index in [1.807, 2.05) is 0 Å². The molecule has 2 aliphatic heterocycles. The minimum atomic E-state index is -4.06. The highest BCUT2D eigenvalue weighted by Gasteiger charge is 2.43. The topological polar surface area (TPSA) is 131 Å². The van der Waals surface area contributed by atoms with Crippen LogP contribution in [-0.2, 0) is 19.5 Å². The molecule has 0 radical (unpaired) electrons. The zero-order valence-corrected chi connectivity index (χ0v) is 16.1. The molecule has 1 aliphatic carbocycles. The van der Waals surface area contributed by atoms with Crippen molar-refractivity contribution in [2.24, 2.45) is 11.1 Å². The van der Waals surface area contributed by atoms with Gasteiger partial charge in [-0.25, -0.2) is 13.6 Å². The zero-order chi connectivity index (χ0) is 19.2. The molecule has 148 valence electrons. The molecule has 1 atom stereocenters. The first kappa shape index (κ1) is 18.9. The Hall–Kier alpha value is -1.40. The van der Waals surface area contributed by atoms with E-state index in [9.17, 15) is 18.5 Å². The molecule has 2 fully saturated rings. The van der Waals surface area contributed by atoms with Crippen molar-refractivity contribution in [3.8, 4) is 5.75 Å². The molecule has 2 heterocycles. The standard InChI is InChI=1S/C16H20N2O7S2/c17-27(21,22)11-7-12(18(19)20)15-13(8-11)23-9-14(26-15)10-1-3-16(4-2-10)24-5-6-25-16/h7-8,10,14H,1-6,9H2,(H2,17,21,22). The van der Waals surface area contributed by atoms with Gasteiger partial charge < -0.3 is 14.2 Å². The average molecular weight is 416 g/mol. The highest BCUT2D eigenvalue weighted by atomic mass is 32.2. The molecular weight excluding hydrogens is 396 g/mol. The number of primary sulfonamides is 1. The molecule has 1 aromatic carbocycles. The molecule has 3 aliphatic rings. The molecule has 1 saturated carbocycles. The molecule has 0 bridgehead atoms. The molecule has 1 unspecified atom stereocenters. The number of nitrogens with two attached hydrogens (primary N) is 1. The fraction of sp³-hybridized carbons (Fsp3) is 0.625. The van der Waals surface area contributed by atoms with Crippen LogP contribution in [0, 0.1) is 16.0 Å². The predicted molar refractivity (Wildman–Crippen MR) is 96.2 cm³/mol. The fourth-order valence-electron chi connectivity index (χ4n) is 3.92. The molecule has 11 heteroatoms. The number of ether oxygens (including phenoxy) is 3. The Labute approximate surface area is 160 Å². The highest BCUT2D eigenvalue weighted by Crippen LogP contribution is 2.49. The largest absolute Gasteiger partial charge is 0.491 e. The lowest BCUT2D eigenvalue weighted by molar-refractivity contribution is -0.388. The number of rotatable bonds is 3. The summed E-state index contributed by atoms with van der Waals surface area (Å²) in [6.45, 7) is 1.61. The minimum absolute atomic E-state index is 0.0512. The van der Waals surface area contributed by atoms with Crippen molar-refractivity contribution in [1.82, 2.24) is 0 Å². The second-order valence-corrected chi connectivity index (χ2v) is 9.79. The second kappa shape index (κ2) is 6.89. The van der Waals surface area contributed by atoms with Crippen LogP contribution in [0.4, 0.5) is 5.69 Å². The Morgan fingerprint density at radius 3 is 2.48 bits per heavy atom. The van der Waals surface area contributed by atoms with Gasteiger partial charge in [-0.3, -0.25) is 10.1 Å². The summed E-state index contributed by atoms with van der Waals surface area (Å²) < 4.78 is 40.4. The molecule has 1 spiro atoms. The Bertz CT molecular complexity index is 858. The summed E-state index contributed by atoms with van der Waals surface area (Å²) in [7, 11) is -4.06. The van der Waals surface area contributed by atoms with E-state index in [0.717, 1.165) is 31.7 Å². The maximum absolute atomic E-state index is 11.6. The van der Waals surface area contributed by atoms with Gasteiger partial charge in [0.2, 0.25) is 10.0 Å². The molecular formula is C16H20N2O7S2. The lowest BCUT2D eigenvalue weighted by atomic mass is 9.83. The van der Waals surface area contributed by atoms with Crippen molar-refractivity contribution in [2.75, 3.05) is 19.8 Å². The normalized spacial score (nSPS) is 25.1. The van der Waals surface area contributed by atoms with E-state index >= 15 is 0 Å². The number of fused-ring (bicyclic) bond motifs is 1. The molecule has 0 aromatic heterocycles. The third-order valence-electron chi connectivity index (χ3n) is 5.34. The Balaban J connectivity index is 1.55. The van der Waals surface area contributed by atoms with Gasteiger partial charge in [-0.05, 0) is 18.8 Å². The number of thioether (sulfide) groups is 1. The number of benzene rings is 1. The van der Waals surface area contributed by atoms with Crippen molar-refractivity contribution >= 4 is 27.5 Å². The highest BCUT2D eigenvalue weighted by molar-refractivity contribution is 8.00. The van der Waals surface area contributed by atoms with Crippen LogP contribution < -0.4 is 9.88 Å². The first-order valence-corrected chi connectivity index (χ1v) is 11.1. The van der Waals surface area contributed by atoms with Gasteiger partial charge in [-0.15, -0.1) is 11.8 Å². The second-order valence-electron chi connectivity index (χ2n) is 6.98. The van der Waals surface area contributed by atoms with E-state index in [1.165, 1.54) is 17.8 Å². The van der Waals surface area contributed by atoms with Gasteiger partial charge in [0.15, 0.2) is 5.79 Å². The van der Waals surface area contributed by atoms with Gasteiger partial charge in [0.25, 0.3) is 5.69 Å². The third kappa shape index (κ3) is 3.66. The van der Waals surface area contributed by atoms with Crippen molar-refractivity contribution in [2.45, 2.75) is 46.5 Å². The summed E-state index contributed by atoms with van der Waals surface area (Å²) in [5.41, 5.74) is -0.291. The minimum Gasteiger partial charge on any atom is -0.491 e. The Morgan fingerprint density at radius 1 is 1.22 bits per heavy atom. The van der Waals surface area contributed by atoms with Crippen molar-refractivity contribution in [3.63, 3.8) is 0 Å². The summed E-state index contributed by atoms with van der Waals surface area (Å²) in [5.74, 6) is 0.0636. The van der Waals surface area contributed by atoms with Gasteiger partial charge in [-0.1, -0.05) is 0 Å². The first-order valence-electron chi connectivity index (χ1n) is 8.70. The van der Waals surface area contributed by atoms with E-state index in [1.54, 1.807) is 0 Å². The lowest BCUT2D eigenvalue weighted by Crippen LogP contribution is -2.39. The van der Waals surface area contributed by atoms with E-state index < -0.39 is 20.7 Å². The van der Waals surface area contributed by atoms with Crippen LogP contribution in [0.2, 0.25) is 0 Å². The Kier molecular flexibility index (Phi) is 4.83. The van der Waals surface area contributed by atoms with E-state index in [2.05, 4.69) is 0 Å².